The van der Waals surface area contributed by atoms with Crippen molar-refractivity contribution in [1.82, 2.24) is 10.2 Å². The first-order chi connectivity index (χ1) is 9.29. The van der Waals surface area contributed by atoms with Gasteiger partial charge in [0.25, 0.3) is 0 Å². The third-order valence-electron chi connectivity index (χ3n) is 5.52. The van der Waals surface area contributed by atoms with Gasteiger partial charge >= 0.3 is 0 Å². The number of nitrogens with zero attached hydrogens (tertiary/aromatic N) is 1. The maximum Gasteiger partial charge on any atom is 0.00679 e. The van der Waals surface area contributed by atoms with Gasteiger partial charge in [0.05, 0.1) is 0 Å². The number of hydrogen-bond donors (Lipinski definition) is 1. The average molecular weight is 266 g/mol. The van der Waals surface area contributed by atoms with Crippen LogP contribution in [-0.4, -0.2) is 37.1 Å². The van der Waals surface area contributed by atoms with Gasteiger partial charge in [-0.1, -0.05) is 32.6 Å². The fourth-order valence-corrected chi connectivity index (χ4v) is 3.96. The molecular formula is C17H34N2. The molecule has 1 atom stereocenters. The summed E-state index contributed by atoms with van der Waals surface area (Å²) in [6.07, 6.45) is 11.6. The first-order valence-electron chi connectivity index (χ1n) is 8.75. The molecule has 0 spiro atoms. The molecule has 0 aromatic rings. The molecule has 2 fully saturated rings. The highest BCUT2D eigenvalue weighted by molar-refractivity contribution is 4.79. The molecule has 19 heavy (non-hydrogen) atoms. The second-order valence-corrected chi connectivity index (χ2v) is 6.81. The molecule has 1 aliphatic carbocycles. The topological polar surface area (TPSA) is 15.3 Å². The van der Waals surface area contributed by atoms with Gasteiger partial charge in [-0.25, -0.2) is 0 Å². The standard InChI is InChI=1S/C17H34N2/c1-3-19-13-10-17(11-14-19)15(2)18-12-6-9-16-7-4-5-8-16/h15-18H,3-14H2,1-2H3. The molecule has 2 aliphatic rings. The summed E-state index contributed by atoms with van der Waals surface area (Å²) in [5.41, 5.74) is 0. The Morgan fingerprint density at radius 1 is 1.11 bits per heavy atom. The van der Waals surface area contributed by atoms with Gasteiger partial charge < -0.3 is 10.2 Å². The largest absolute Gasteiger partial charge is 0.314 e. The Morgan fingerprint density at radius 2 is 1.79 bits per heavy atom. The zero-order chi connectivity index (χ0) is 13.5. The van der Waals surface area contributed by atoms with E-state index in [1.54, 1.807) is 0 Å². The predicted molar refractivity (Wildman–Crippen MR) is 83.5 cm³/mol. The van der Waals surface area contributed by atoms with Crippen LogP contribution in [-0.2, 0) is 0 Å². The predicted octanol–water partition coefficient (Wildman–Crippen LogP) is 3.67. The third-order valence-corrected chi connectivity index (χ3v) is 5.52. The molecule has 2 nitrogen and oxygen atoms in total. The number of hydrogen-bond acceptors (Lipinski definition) is 2. The van der Waals surface area contributed by atoms with E-state index in [1.807, 2.05) is 0 Å². The highest BCUT2D eigenvalue weighted by Crippen LogP contribution is 2.28. The Hall–Kier alpha value is -0.0800. The highest BCUT2D eigenvalue weighted by atomic mass is 15.1. The average Bonchev–Trinajstić information content (AvgIpc) is 2.96. The van der Waals surface area contributed by atoms with Crippen molar-refractivity contribution < 1.29 is 0 Å². The summed E-state index contributed by atoms with van der Waals surface area (Å²) < 4.78 is 0. The molecule has 0 aromatic heterocycles. The summed E-state index contributed by atoms with van der Waals surface area (Å²) in [6.45, 7) is 9.79. The van der Waals surface area contributed by atoms with E-state index in [2.05, 4.69) is 24.1 Å². The van der Waals surface area contributed by atoms with Crippen LogP contribution in [0.5, 0.6) is 0 Å². The van der Waals surface area contributed by atoms with E-state index in [4.69, 9.17) is 0 Å². The summed E-state index contributed by atoms with van der Waals surface area (Å²) >= 11 is 0. The Labute approximate surface area is 120 Å². The van der Waals surface area contributed by atoms with Gasteiger partial charge in [-0.3, -0.25) is 0 Å². The molecular weight excluding hydrogens is 232 g/mol. The smallest absolute Gasteiger partial charge is 0.00679 e. The normalized spacial score (nSPS) is 24.9. The molecule has 0 bridgehead atoms. The van der Waals surface area contributed by atoms with Crippen molar-refractivity contribution >= 4 is 0 Å². The summed E-state index contributed by atoms with van der Waals surface area (Å²) in [6, 6.07) is 0.725. The molecule has 2 heteroatoms. The lowest BCUT2D eigenvalue weighted by Crippen LogP contribution is -2.42. The van der Waals surface area contributed by atoms with Crippen LogP contribution < -0.4 is 5.32 Å². The van der Waals surface area contributed by atoms with Crippen LogP contribution >= 0.6 is 0 Å². The minimum Gasteiger partial charge on any atom is -0.314 e. The van der Waals surface area contributed by atoms with Crippen LogP contribution in [0, 0.1) is 11.8 Å². The van der Waals surface area contributed by atoms with Crippen LogP contribution in [0.25, 0.3) is 0 Å². The van der Waals surface area contributed by atoms with Crippen LogP contribution in [0.1, 0.15) is 65.2 Å². The van der Waals surface area contributed by atoms with Crippen LogP contribution in [0.15, 0.2) is 0 Å². The van der Waals surface area contributed by atoms with Crippen molar-refractivity contribution in [2.45, 2.75) is 71.3 Å². The number of nitrogens with one attached hydrogen (secondary N) is 1. The molecule has 0 amide bonds. The minimum atomic E-state index is 0.725. The van der Waals surface area contributed by atoms with E-state index in [-0.39, 0.29) is 0 Å². The molecule has 0 radical (unpaired) electrons. The zero-order valence-corrected chi connectivity index (χ0v) is 13.2. The lowest BCUT2D eigenvalue weighted by molar-refractivity contribution is 0.168. The fourth-order valence-electron chi connectivity index (χ4n) is 3.96. The van der Waals surface area contributed by atoms with Crippen molar-refractivity contribution in [1.29, 1.82) is 0 Å². The van der Waals surface area contributed by atoms with Crippen molar-refractivity contribution in [2.75, 3.05) is 26.2 Å². The van der Waals surface area contributed by atoms with Gasteiger partial charge in [-0.2, -0.15) is 0 Å². The Kier molecular flexibility index (Phi) is 6.66. The van der Waals surface area contributed by atoms with Crippen LogP contribution in [0.3, 0.4) is 0 Å². The summed E-state index contributed by atoms with van der Waals surface area (Å²) in [5, 5.41) is 3.79. The minimum absolute atomic E-state index is 0.725. The van der Waals surface area contributed by atoms with Gasteiger partial charge in [0.1, 0.15) is 0 Å². The van der Waals surface area contributed by atoms with E-state index in [9.17, 15) is 0 Å². The van der Waals surface area contributed by atoms with Gasteiger partial charge in [-0.15, -0.1) is 0 Å². The SMILES string of the molecule is CCN1CCC(C(C)NCCCC2CCCC2)CC1. The number of rotatable bonds is 7. The van der Waals surface area contributed by atoms with Gasteiger partial charge in [0, 0.05) is 6.04 Å². The van der Waals surface area contributed by atoms with Gasteiger partial charge in [0.15, 0.2) is 0 Å². The van der Waals surface area contributed by atoms with E-state index in [1.165, 1.54) is 77.5 Å². The molecule has 112 valence electrons. The van der Waals surface area contributed by atoms with Crippen molar-refractivity contribution in [3.8, 4) is 0 Å². The zero-order valence-electron chi connectivity index (χ0n) is 13.2. The van der Waals surface area contributed by atoms with E-state index >= 15 is 0 Å². The van der Waals surface area contributed by atoms with Crippen molar-refractivity contribution in [3.05, 3.63) is 0 Å². The van der Waals surface area contributed by atoms with Gasteiger partial charge in [0.2, 0.25) is 0 Å². The molecule has 2 rings (SSSR count). The van der Waals surface area contributed by atoms with E-state index in [0.29, 0.717) is 0 Å². The van der Waals surface area contributed by atoms with Crippen LogP contribution in [0.2, 0.25) is 0 Å². The Bertz CT molecular complexity index is 227. The third kappa shape index (κ3) is 5.07. The second kappa shape index (κ2) is 8.26. The highest BCUT2D eigenvalue weighted by Gasteiger charge is 2.22. The van der Waals surface area contributed by atoms with Crippen LogP contribution in [0.4, 0.5) is 0 Å². The van der Waals surface area contributed by atoms with Crippen molar-refractivity contribution in [2.24, 2.45) is 11.8 Å². The molecule has 0 aromatic carbocycles. The molecule has 1 aliphatic heterocycles. The van der Waals surface area contributed by atoms with Gasteiger partial charge in [-0.05, 0) is 70.6 Å². The number of piperidine rings is 1. The Morgan fingerprint density at radius 3 is 2.42 bits per heavy atom. The summed E-state index contributed by atoms with van der Waals surface area (Å²) in [4.78, 5) is 2.59. The molecule has 1 heterocycles. The molecule has 1 saturated heterocycles. The van der Waals surface area contributed by atoms with E-state index < -0.39 is 0 Å². The Balaban J connectivity index is 1.53. The summed E-state index contributed by atoms with van der Waals surface area (Å²) in [7, 11) is 0. The molecule has 1 unspecified atom stereocenters. The maximum absolute atomic E-state index is 3.79. The molecule has 1 N–H and O–H groups in total. The fraction of sp³-hybridized carbons (Fsp3) is 1.00. The quantitative estimate of drug-likeness (QED) is 0.707. The first-order valence-corrected chi connectivity index (χ1v) is 8.75. The summed E-state index contributed by atoms with van der Waals surface area (Å²) in [5.74, 6) is 1.97. The van der Waals surface area contributed by atoms with E-state index in [0.717, 1.165) is 17.9 Å². The first kappa shape index (κ1) is 15.3. The van der Waals surface area contributed by atoms with Crippen molar-refractivity contribution in [3.63, 3.8) is 0 Å². The second-order valence-electron chi connectivity index (χ2n) is 6.81. The lowest BCUT2D eigenvalue weighted by Gasteiger charge is -2.34. The monoisotopic (exact) mass is 266 g/mol. The lowest BCUT2D eigenvalue weighted by atomic mass is 9.90. The maximum atomic E-state index is 3.79. The number of likely N-dealkylation sites (tertiary alicyclic amines) is 1. The molecule has 1 saturated carbocycles.